The normalized spacial score (nSPS) is 24.4. The van der Waals surface area contributed by atoms with Gasteiger partial charge in [-0.15, -0.1) is 0 Å². The van der Waals surface area contributed by atoms with Crippen molar-refractivity contribution in [3.05, 3.63) is 35.4 Å². The molecule has 0 aliphatic heterocycles. The molecule has 2 N–H and O–H groups in total. The van der Waals surface area contributed by atoms with Gasteiger partial charge >= 0.3 is 0 Å². The van der Waals surface area contributed by atoms with Gasteiger partial charge in [-0.2, -0.15) is 0 Å². The van der Waals surface area contributed by atoms with Crippen LogP contribution in [0.1, 0.15) is 57.6 Å². The Bertz CT molecular complexity index is 391. The molecule has 0 spiro atoms. The Morgan fingerprint density at radius 2 is 1.74 bits per heavy atom. The maximum absolute atomic E-state index is 9.94. The van der Waals surface area contributed by atoms with Gasteiger partial charge in [0.2, 0.25) is 0 Å². The standard InChI is InChI=1S/C17H27NO/c1-17(2,3)14-10-8-13(9-11-14)12-18-15-6-4-5-7-16(15)19/h8-11,15-16,18-19H,4-7,12H2,1-3H3/t15-,16-/m1/s1. The summed E-state index contributed by atoms with van der Waals surface area (Å²) in [6.45, 7) is 7.56. The molecule has 2 nitrogen and oxygen atoms in total. The zero-order chi connectivity index (χ0) is 13.9. The molecular formula is C17H27NO. The molecule has 106 valence electrons. The Labute approximate surface area is 117 Å². The number of hydrogen-bond donors (Lipinski definition) is 2. The van der Waals surface area contributed by atoms with E-state index < -0.39 is 0 Å². The largest absolute Gasteiger partial charge is 0.392 e. The van der Waals surface area contributed by atoms with Crippen LogP contribution in [0.25, 0.3) is 0 Å². The lowest BCUT2D eigenvalue weighted by atomic mass is 9.86. The molecule has 1 aromatic carbocycles. The summed E-state index contributed by atoms with van der Waals surface area (Å²) in [5.74, 6) is 0. The highest BCUT2D eigenvalue weighted by molar-refractivity contribution is 5.27. The van der Waals surface area contributed by atoms with Crippen molar-refractivity contribution in [1.29, 1.82) is 0 Å². The number of aliphatic hydroxyl groups excluding tert-OH is 1. The van der Waals surface area contributed by atoms with Gasteiger partial charge in [0.1, 0.15) is 0 Å². The van der Waals surface area contributed by atoms with Crippen molar-refractivity contribution in [3.63, 3.8) is 0 Å². The number of nitrogens with one attached hydrogen (secondary N) is 1. The van der Waals surface area contributed by atoms with Crippen LogP contribution >= 0.6 is 0 Å². The zero-order valence-corrected chi connectivity index (χ0v) is 12.4. The van der Waals surface area contributed by atoms with Gasteiger partial charge in [0.15, 0.2) is 0 Å². The van der Waals surface area contributed by atoms with E-state index in [0.717, 1.165) is 19.4 Å². The van der Waals surface area contributed by atoms with Gasteiger partial charge in [0.05, 0.1) is 6.10 Å². The number of hydrogen-bond acceptors (Lipinski definition) is 2. The molecule has 1 aliphatic rings. The van der Waals surface area contributed by atoms with E-state index in [-0.39, 0.29) is 17.6 Å². The third-order valence-corrected chi connectivity index (χ3v) is 4.12. The van der Waals surface area contributed by atoms with Crippen molar-refractivity contribution < 1.29 is 5.11 Å². The predicted molar refractivity (Wildman–Crippen MR) is 80.2 cm³/mol. The van der Waals surface area contributed by atoms with Crippen LogP contribution in [0.4, 0.5) is 0 Å². The molecule has 0 heterocycles. The van der Waals surface area contributed by atoms with Crippen molar-refractivity contribution in [2.75, 3.05) is 0 Å². The summed E-state index contributed by atoms with van der Waals surface area (Å²) < 4.78 is 0. The first kappa shape index (κ1) is 14.5. The summed E-state index contributed by atoms with van der Waals surface area (Å²) in [6, 6.07) is 9.10. The number of benzene rings is 1. The van der Waals surface area contributed by atoms with Crippen LogP contribution in [0.5, 0.6) is 0 Å². The molecule has 0 amide bonds. The average molecular weight is 261 g/mol. The summed E-state index contributed by atoms with van der Waals surface area (Å²) in [7, 11) is 0. The summed E-state index contributed by atoms with van der Waals surface area (Å²) in [4.78, 5) is 0. The number of rotatable bonds is 3. The van der Waals surface area contributed by atoms with Crippen molar-refractivity contribution in [2.45, 2.75) is 70.6 Å². The summed E-state index contributed by atoms with van der Waals surface area (Å²) in [6.07, 6.45) is 4.28. The third-order valence-electron chi connectivity index (χ3n) is 4.12. The van der Waals surface area contributed by atoms with E-state index in [1.165, 1.54) is 24.0 Å². The Hall–Kier alpha value is -0.860. The fourth-order valence-electron chi connectivity index (χ4n) is 2.72. The van der Waals surface area contributed by atoms with Gasteiger partial charge in [0.25, 0.3) is 0 Å². The van der Waals surface area contributed by atoms with E-state index in [1.807, 2.05) is 0 Å². The molecule has 2 rings (SSSR count). The lowest BCUT2D eigenvalue weighted by molar-refractivity contribution is 0.0902. The molecular weight excluding hydrogens is 234 g/mol. The van der Waals surface area contributed by atoms with E-state index in [1.54, 1.807) is 0 Å². The van der Waals surface area contributed by atoms with Crippen LogP contribution in [0, 0.1) is 0 Å². The molecule has 2 atom stereocenters. The van der Waals surface area contributed by atoms with E-state index in [2.05, 4.69) is 50.4 Å². The Morgan fingerprint density at radius 3 is 2.32 bits per heavy atom. The third kappa shape index (κ3) is 4.05. The lowest BCUT2D eigenvalue weighted by Crippen LogP contribution is -2.41. The SMILES string of the molecule is CC(C)(C)c1ccc(CN[C@@H]2CCCC[C@H]2O)cc1. The molecule has 1 fully saturated rings. The maximum atomic E-state index is 9.94. The molecule has 1 saturated carbocycles. The highest BCUT2D eigenvalue weighted by Crippen LogP contribution is 2.22. The van der Waals surface area contributed by atoms with Gasteiger partial charge in [-0.25, -0.2) is 0 Å². The van der Waals surface area contributed by atoms with Gasteiger partial charge in [0, 0.05) is 12.6 Å². The Balaban J connectivity index is 1.89. The van der Waals surface area contributed by atoms with Crippen LogP contribution in [0.2, 0.25) is 0 Å². The monoisotopic (exact) mass is 261 g/mol. The molecule has 0 unspecified atom stereocenters. The van der Waals surface area contributed by atoms with Crippen LogP contribution in [0.15, 0.2) is 24.3 Å². The van der Waals surface area contributed by atoms with E-state index in [0.29, 0.717) is 0 Å². The Kier molecular flexibility index (Phi) is 4.64. The minimum absolute atomic E-state index is 0.164. The van der Waals surface area contributed by atoms with Crippen molar-refractivity contribution in [3.8, 4) is 0 Å². The van der Waals surface area contributed by atoms with Crippen LogP contribution < -0.4 is 5.32 Å². The molecule has 0 radical (unpaired) electrons. The van der Waals surface area contributed by atoms with Gasteiger partial charge in [-0.3, -0.25) is 0 Å². The zero-order valence-electron chi connectivity index (χ0n) is 12.4. The first-order valence-corrected chi connectivity index (χ1v) is 7.48. The van der Waals surface area contributed by atoms with E-state index in [4.69, 9.17) is 0 Å². The molecule has 2 heteroatoms. The van der Waals surface area contributed by atoms with Crippen molar-refractivity contribution in [1.82, 2.24) is 5.32 Å². The molecule has 1 aliphatic carbocycles. The highest BCUT2D eigenvalue weighted by atomic mass is 16.3. The average Bonchev–Trinajstić information content (AvgIpc) is 2.37. The number of aliphatic hydroxyl groups is 1. The summed E-state index contributed by atoms with van der Waals surface area (Å²) in [5, 5.41) is 13.4. The van der Waals surface area contributed by atoms with Gasteiger partial charge in [-0.1, -0.05) is 57.9 Å². The molecule has 0 aromatic heterocycles. The minimum atomic E-state index is -0.164. The van der Waals surface area contributed by atoms with E-state index in [9.17, 15) is 5.11 Å². The molecule has 0 saturated heterocycles. The Morgan fingerprint density at radius 1 is 1.11 bits per heavy atom. The van der Waals surface area contributed by atoms with Crippen LogP contribution in [-0.2, 0) is 12.0 Å². The van der Waals surface area contributed by atoms with Gasteiger partial charge < -0.3 is 10.4 Å². The second kappa shape index (κ2) is 6.06. The fraction of sp³-hybridized carbons (Fsp3) is 0.647. The van der Waals surface area contributed by atoms with Crippen molar-refractivity contribution >= 4 is 0 Å². The maximum Gasteiger partial charge on any atom is 0.0693 e. The van der Waals surface area contributed by atoms with Crippen LogP contribution in [-0.4, -0.2) is 17.3 Å². The second-order valence-corrected chi connectivity index (χ2v) is 6.79. The van der Waals surface area contributed by atoms with Crippen molar-refractivity contribution in [2.24, 2.45) is 0 Å². The smallest absolute Gasteiger partial charge is 0.0693 e. The topological polar surface area (TPSA) is 32.3 Å². The fourth-order valence-corrected chi connectivity index (χ4v) is 2.72. The second-order valence-electron chi connectivity index (χ2n) is 6.79. The predicted octanol–water partition coefficient (Wildman–Crippen LogP) is 3.38. The first-order chi connectivity index (χ1) is 8.97. The molecule has 19 heavy (non-hydrogen) atoms. The van der Waals surface area contributed by atoms with E-state index >= 15 is 0 Å². The lowest BCUT2D eigenvalue weighted by Gasteiger charge is -2.28. The van der Waals surface area contributed by atoms with Gasteiger partial charge in [-0.05, 0) is 29.4 Å². The quantitative estimate of drug-likeness (QED) is 0.874. The summed E-state index contributed by atoms with van der Waals surface area (Å²) >= 11 is 0. The highest BCUT2D eigenvalue weighted by Gasteiger charge is 2.22. The first-order valence-electron chi connectivity index (χ1n) is 7.48. The van der Waals surface area contributed by atoms with Crippen LogP contribution in [0.3, 0.4) is 0 Å². The summed E-state index contributed by atoms with van der Waals surface area (Å²) in [5.41, 5.74) is 2.88. The molecule has 1 aromatic rings. The molecule has 0 bridgehead atoms. The minimum Gasteiger partial charge on any atom is -0.392 e.